The quantitative estimate of drug-likeness (QED) is 0.427. The van der Waals surface area contributed by atoms with Crippen LogP contribution >= 0.6 is 15.9 Å². The zero-order chi connectivity index (χ0) is 19.1. The number of aromatic nitrogens is 1. The van der Waals surface area contributed by atoms with Gasteiger partial charge in [-0.15, -0.1) is 0 Å². The van der Waals surface area contributed by atoms with E-state index in [9.17, 15) is 0 Å². The van der Waals surface area contributed by atoms with Crippen LogP contribution in [0.5, 0.6) is 11.5 Å². The topological polar surface area (TPSA) is 60.6 Å². The Hall–Kier alpha value is -2.57. The molecule has 0 atom stereocenters. The second-order valence-electron chi connectivity index (χ2n) is 6.02. The lowest BCUT2D eigenvalue weighted by molar-refractivity contribution is 0.284. The highest BCUT2D eigenvalue weighted by Crippen LogP contribution is 2.34. The molecule has 2 aromatic carbocycles. The second kappa shape index (κ2) is 9.39. The molecule has 0 amide bonds. The maximum atomic E-state index is 6.16. The minimum absolute atomic E-state index is 0.484. The third-order valence-corrected chi connectivity index (χ3v) is 4.92. The lowest BCUT2D eigenvalue weighted by Gasteiger charge is -2.19. The fourth-order valence-electron chi connectivity index (χ4n) is 2.68. The molecule has 0 fully saturated rings. The van der Waals surface area contributed by atoms with Gasteiger partial charge in [0.1, 0.15) is 6.61 Å². The largest absolute Gasteiger partial charge is 0.493 e. The number of ether oxygens (including phenoxy) is 2. The van der Waals surface area contributed by atoms with E-state index in [0.29, 0.717) is 24.7 Å². The van der Waals surface area contributed by atoms with Crippen molar-refractivity contribution in [2.45, 2.75) is 13.0 Å². The molecule has 27 heavy (non-hydrogen) atoms. The van der Waals surface area contributed by atoms with Crippen molar-refractivity contribution in [1.82, 2.24) is 4.98 Å². The van der Waals surface area contributed by atoms with Gasteiger partial charge >= 0.3 is 0 Å². The fraction of sp³-hybridized carbons (Fsp3) is 0.190. The number of hydrogen-bond acceptors (Lipinski definition) is 5. The summed E-state index contributed by atoms with van der Waals surface area (Å²) in [6.45, 7) is 1.14. The van der Waals surface area contributed by atoms with Crippen molar-refractivity contribution in [2.75, 3.05) is 18.7 Å². The number of hydrazine groups is 1. The number of rotatable bonds is 8. The monoisotopic (exact) mass is 427 g/mol. The number of benzene rings is 2. The number of hydrogen-bond donors (Lipinski definition) is 1. The van der Waals surface area contributed by atoms with E-state index in [1.807, 2.05) is 54.6 Å². The molecule has 3 rings (SSSR count). The van der Waals surface area contributed by atoms with E-state index in [2.05, 4.69) is 20.9 Å². The van der Waals surface area contributed by atoms with E-state index >= 15 is 0 Å². The van der Waals surface area contributed by atoms with Crippen molar-refractivity contribution in [1.29, 1.82) is 0 Å². The van der Waals surface area contributed by atoms with Gasteiger partial charge in [0.2, 0.25) is 0 Å². The molecule has 140 valence electrons. The third kappa shape index (κ3) is 5.21. The molecule has 0 aliphatic carbocycles. The Morgan fingerprint density at radius 1 is 1.04 bits per heavy atom. The molecule has 1 aromatic heterocycles. The Morgan fingerprint density at radius 3 is 2.48 bits per heavy atom. The lowest BCUT2D eigenvalue weighted by Crippen LogP contribution is -2.32. The third-order valence-electron chi connectivity index (χ3n) is 4.19. The van der Waals surface area contributed by atoms with Crippen molar-refractivity contribution in [3.8, 4) is 11.5 Å². The van der Waals surface area contributed by atoms with Crippen molar-refractivity contribution in [2.24, 2.45) is 5.84 Å². The Labute approximate surface area is 167 Å². The molecule has 6 heteroatoms. The van der Waals surface area contributed by atoms with Crippen molar-refractivity contribution < 1.29 is 9.47 Å². The highest BCUT2D eigenvalue weighted by Gasteiger charge is 2.12. The molecule has 2 N–H and O–H groups in total. The Balaban J connectivity index is 1.71. The van der Waals surface area contributed by atoms with Gasteiger partial charge in [0, 0.05) is 23.4 Å². The molecule has 0 aliphatic rings. The highest BCUT2D eigenvalue weighted by atomic mass is 79.9. The number of halogens is 1. The lowest BCUT2D eigenvalue weighted by atomic mass is 10.1. The van der Waals surface area contributed by atoms with Crippen LogP contribution in [0.1, 0.15) is 11.1 Å². The average molecular weight is 428 g/mol. The van der Waals surface area contributed by atoms with Crippen molar-refractivity contribution >= 4 is 21.6 Å². The van der Waals surface area contributed by atoms with Crippen LogP contribution in [-0.2, 0) is 13.0 Å². The van der Waals surface area contributed by atoms with Crippen molar-refractivity contribution in [3.05, 3.63) is 82.6 Å². The van der Waals surface area contributed by atoms with Gasteiger partial charge in [0.05, 0.1) is 12.8 Å². The van der Waals surface area contributed by atoms with Crippen LogP contribution in [0.3, 0.4) is 0 Å². The first-order valence-corrected chi connectivity index (χ1v) is 9.42. The van der Waals surface area contributed by atoms with Crippen LogP contribution < -0.4 is 20.3 Å². The number of pyridine rings is 1. The molecular weight excluding hydrogens is 406 g/mol. The second-order valence-corrected chi connectivity index (χ2v) is 6.87. The summed E-state index contributed by atoms with van der Waals surface area (Å²) in [7, 11) is 1.64. The Morgan fingerprint density at radius 2 is 1.78 bits per heavy atom. The molecule has 0 aliphatic heterocycles. The van der Waals surface area contributed by atoms with Gasteiger partial charge in [0.25, 0.3) is 0 Å². The maximum absolute atomic E-state index is 6.16. The number of nitrogens with two attached hydrogens (primary N) is 1. The predicted octanol–water partition coefficient (Wildman–Crippen LogP) is 4.35. The smallest absolute Gasteiger partial charge is 0.162 e. The summed E-state index contributed by atoms with van der Waals surface area (Å²) in [6.07, 6.45) is 4.22. The number of anilines is 1. The zero-order valence-corrected chi connectivity index (χ0v) is 16.7. The van der Waals surface area contributed by atoms with Gasteiger partial charge in [-0.3, -0.25) is 4.98 Å². The van der Waals surface area contributed by atoms with Crippen LogP contribution in [-0.4, -0.2) is 18.6 Å². The molecule has 3 aromatic rings. The van der Waals surface area contributed by atoms with Crippen LogP contribution in [0.15, 0.2) is 71.5 Å². The minimum Gasteiger partial charge on any atom is -0.493 e. The van der Waals surface area contributed by atoms with Gasteiger partial charge in [-0.25, -0.2) is 5.84 Å². The summed E-state index contributed by atoms with van der Waals surface area (Å²) >= 11 is 3.62. The zero-order valence-electron chi connectivity index (χ0n) is 15.1. The molecule has 5 nitrogen and oxygen atoms in total. The molecule has 1 heterocycles. The van der Waals surface area contributed by atoms with E-state index in [1.54, 1.807) is 24.5 Å². The van der Waals surface area contributed by atoms with Crippen LogP contribution in [0, 0.1) is 0 Å². The van der Waals surface area contributed by atoms with Crippen LogP contribution in [0.2, 0.25) is 0 Å². The van der Waals surface area contributed by atoms with Crippen LogP contribution in [0.25, 0.3) is 0 Å². The summed E-state index contributed by atoms with van der Waals surface area (Å²) in [5.41, 5.74) is 3.13. The van der Waals surface area contributed by atoms with E-state index in [-0.39, 0.29) is 0 Å². The first-order valence-electron chi connectivity index (χ1n) is 8.63. The molecule has 0 bridgehead atoms. The first-order chi connectivity index (χ1) is 13.2. The van der Waals surface area contributed by atoms with Gasteiger partial charge in [-0.05, 0) is 41.8 Å². The predicted molar refractivity (Wildman–Crippen MR) is 111 cm³/mol. The van der Waals surface area contributed by atoms with Crippen LogP contribution in [0.4, 0.5) is 5.69 Å². The average Bonchev–Trinajstić information content (AvgIpc) is 2.72. The van der Waals surface area contributed by atoms with Gasteiger partial charge in [-0.1, -0.05) is 46.3 Å². The molecule has 0 saturated heterocycles. The van der Waals surface area contributed by atoms with Gasteiger partial charge in [-0.2, -0.15) is 0 Å². The van der Waals surface area contributed by atoms with Crippen molar-refractivity contribution in [3.63, 3.8) is 0 Å². The summed E-state index contributed by atoms with van der Waals surface area (Å²) in [5, 5.41) is 1.71. The van der Waals surface area contributed by atoms with E-state index in [0.717, 1.165) is 27.7 Å². The summed E-state index contributed by atoms with van der Waals surface area (Å²) in [5.74, 6) is 7.57. The molecule has 0 saturated carbocycles. The number of nitrogens with zero attached hydrogens (tertiary/aromatic N) is 2. The molecular formula is C21H22BrN3O2. The Bertz CT molecular complexity index is 860. The number of methoxy groups -OCH3 is 1. The molecule has 0 radical (unpaired) electrons. The highest BCUT2D eigenvalue weighted by molar-refractivity contribution is 9.10. The Kier molecular flexibility index (Phi) is 6.68. The van der Waals surface area contributed by atoms with Gasteiger partial charge < -0.3 is 14.5 Å². The van der Waals surface area contributed by atoms with E-state index < -0.39 is 0 Å². The summed E-state index contributed by atoms with van der Waals surface area (Å²) in [4.78, 5) is 4.02. The fourth-order valence-corrected chi connectivity index (χ4v) is 3.20. The minimum atomic E-state index is 0.484. The van der Waals surface area contributed by atoms with E-state index in [1.165, 1.54) is 0 Å². The standard InChI is InChI=1S/C21H22BrN3O2/c1-26-20-14-19(22)17(9-12-25(23)18-7-10-24-11-8-18)13-21(20)27-15-16-5-3-2-4-6-16/h2-8,10-11,13-14H,9,12,15,23H2,1H3. The van der Waals surface area contributed by atoms with Gasteiger partial charge in [0.15, 0.2) is 11.5 Å². The van der Waals surface area contributed by atoms with E-state index in [4.69, 9.17) is 15.3 Å². The first kappa shape index (κ1) is 19.2. The normalized spacial score (nSPS) is 10.5. The summed E-state index contributed by atoms with van der Waals surface area (Å²) in [6, 6.07) is 17.8. The maximum Gasteiger partial charge on any atom is 0.162 e. The SMILES string of the molecule is COc1cc(Br)c(CCN(N)c2ccncc2)cc1OCc1ccccc1. The molecule has 0 spiro atoms. The summed E-state index contributed by atoms with van der Waals surface area (Å²) < 4.78 is 12.4. The molecule has 0 unspecified atom stereocenters.